The molecule has 4 N–H and O–H groups in total. The van der Waals surface area contributed by atoms with Gasteiger partial charge in [-0.25, -0.2) is 0 Å². The highest BCUT2D eigenvalue weighted by Crippen LogP contribution is 2.23. The van der Waals surface area contributed by atoms with Gasteiger partial charge in [0.25, 0.3) is 5.91 Å². The zero-order valence-electron chi connectivity index (χ0n) is 20.1. The molecule has 0 saturated carbocycles. The Balaban J connectivity index is 1.39. The number of aromatic nitrogens is 1. The number of hydrogen-bond acceptors (Lipinski definition) is 6. The Kier molecular flexibility index (Phi) is 7.50. The van der Waals surface area contributed by atoms with E-state index in [-0.39, 0.29) is 18.4 Å². The average molecular weight is 474 g/mol. The van der Waals surface area contributed by atoms with Gasteiger partial charge in [0.15, 0.2) is 11.4 Å². The maximum absolute atomic E-state index is 13.5. The number of amides is 2. The molecule has 1 aliphatic rings. The van der Waals surface area contributed by atoms with Crippen molar-refractivity contribution in [1.29, 1.82) is 0 Å². The molecule has 35 heavy (non-hydrogen) atoms. The molecule has 1 aromatic heterocycles. The topological polar surface area (TPSA) is 113 Å². The van der Waals surface area contributed by atoms with Gasteiger partial charge in [0, 0.05) is 18.8 Å². The molecule has 0 atom stereocenters. The van der Waals surface area contributed by atoms with Gasteiger partial charge in [0.1, 0.15) is 6.54 Å². The fraction of sp³-hybridized carbons (Fsp3) is 0.296. The first-order valence-corrected chi connectivity index (χ1v) is 11.8. The second kappa shape index (κ2) is 10.9. The van der Waals surface area contributed by atoms with Crippen molar-refractivity contribution in [3.05, 3.63) is 82.7 Å². The zero-order chi connectivity index (χ0) is 24.8. The fourth-order valence-corrected chi connectivity index (χ4v) is 4.14. The third kappa shape index (κ3) is 5.71. The first-order chi connectivity index (χ1) is 17.0. The van der Waals surface area contributed by atoms with Crippen LogP contribution in [0, 0.1) is 0 Å². The second-order valence-electron chi connectivity index (χ2n) is 8.61. The van der Waals surface area contributed by atoms with Crippen molar-refractivity contribution in [2.45, 2.75) is 39.7 Å². The van der Waals surface area contributed by atoms with Gasteiger partial charge in [-0.3, -0.25) is 9.59 Å². The van der Waals surface area contributed by atoms with Crippen molar-refractivity contribution in [2.24, 2.45) is 0 Å². The molecule has 182 valence electrons. The van der Waals surface area contributed by atoms with Gasteiger partial charge in [0.2, 0.25) is 5.91 Å². The molecule has 2 amide bonds. The van der Waals surface area contributed by atoms with Crippen LogP contribution >= 0.6 is 0 Å². The van der Waals surface area contributed by atoms with Crippen LogP contribution in [0.1, 0.15) is 37.8 Å². The van der Waals surface area contributed by atoms with E-state index in [2.05, 4.69) is 27.9 Å². The van der Waals surface area contributed by atoms with Crippen LogP contribution in [-0.4, -0.2) is 35.0 Å². The van der Waals surface area contributed by atoms with Crippen LogP contribution in [0.4, 0.5) is 5.82 Å². The van der Waals surface area contributed by atoms with Crippen LogP contribution in [0.15, 0.2) is 76.1 Å². The van der Waals surface area contributed by atoms with Gasteiger partial charge >= 0.3 is 0 Å². The molecule has 0 saturated heterocycles. The molecular weight excluding hydrogens is 442 g/mol. The number of carbonyl (C=O) groups is 2. The Hall–Kier alpha value is -4.07. The van der Waals surface area contributed by atoms with Crippen molar-refractivity contribution >= 4 is 28.6 Å². The molecule has 2 heterocycles. The number of carbonyl (C=O) groups excluding carboxylic acids is 2. The molecule has 2 aromatic carbocycles. The molecule has 0 unspecified atom stereocenters. The summed E-state index contributed by atoms with van der Waals surface area (Å²) in [7, 11) is 0. The van der Waals surface area contributed by atoms with E-state index in [1.165, 1.54) is 5.56 Å². The Morgan fingerprint density at radius 1 is 1.17 bits per heavy atom. The highest BCUT2D eigenvalue weighted by molar-refractivity contribution is 5.97. The first-order valence-electron chi connectivity index (χ1n) is 11.8. The standard InChI is InChI=1S/C27H31N5O3/c1-3-21-11-9-18(2)32(27(34)25(21)29-14-13-19-7-5-4-6-8-19)17-24(33)30-16-20-10-12-22-23(15-20)35-31-26(22)28/h4-10,12,15,29H,3,11,13-14,16-17H2,1-2H3,(H2,28,31)(H,30,33). The molecular formula is C27H31N5O3. The molecule has 0 aliphatic carbocycles. The normalized spacial score (nSPS) is 14.2. The summed E-state index contributed by atoms with van der Waals surface area (Å²) >= 11 is 0. The Morgan fingerprint density at radius 3 is 2.74 bits per heavy atom. The van der Waals surface area contributed by atoms with Gasteiger partial charge in [0.05, 0.1) is 11.1 Å². The van der Waals surface area contributed by atoms with Crippen molar-refractivity contribution in [2.75, 3.05) is 18.8 Å². The summed E-state index contributed by atoms with van der Waals surface area (Å²) in [6, 6.07) is 15.6. The van der Waals surface area contributed by atoms with E-state index < -0.39 is 0 Å². The first kappa shape index (κ1) is 24.1. The molecule has 0 radical (unpaired) electrons. The van der Waals surface area contributed by atoms with Crippen molar-refractivity contribution < 1.29 is 14.1 Å². The monoisotopic (exact) mass is 473 g/mol. The van der Waals surface area contributed by atoms with Gasteiger partial charge < -0.3 is 25.8 Å². The van der Waals surface area contributed by atoms with Crippen molar-refractivity contribution in [3.63, 3.8) is 0 Å². The SMILES string of the molecule is CCC1=C(NCCc2ccccc2)C(=O)N(CC(=O)NCc2ccc3c(N)noc3c2)C(C)=CC1. The zero-order valence-corrected chi connectivity index (χ0v) is 20.1. The highest BCUT2D eigenvalue weighted by atomic mass is 16.5. The van der Waals surface area contributed by atoms with Crippen LogP contribution in [0.2, 0.25) is 0 Å². The predicted octanol–water partition coefficient (Wildman–Crippen LogP) is 3.66. The molecule has 3 aromatic rings. The van der Waals surface area contributed by atoms with E-state index in [4.69, 9.17) is 10.3 Å². The van der Waals surface area contributed by atoms with Crippen molar-refractivity contribution in [3.8, 4) is 0 Å². The summed E-state index contributed by atoms with van der Waals surface area (Å²) in [5.74, 6) is -0.0769. The molecule has 1 aliphatic heterocycles. The molecule has 0 bridgehead atoms. The van der Waals surface area contributed by atoms with Crippen LogP contribution in [0.3, 0.4) is 0 Å². The Morgan fingerprint density at radius 2 is 1.97 bits per heavy atom. The Bertz CT molecular complexity index is 1280. The summed E-state index contributed by atoms with van der Waals surface area (Å²) < 4.78 is 5.19. The number of rotatable bonds is 9. The minimum Gasteiger partial charge on any atom is -0.380 e. The minimum atomic E-state index is -0.244. The molecule has 0 fully saturated rings. The maximum atomic E-state index is 13.5. The van der Waals surface area contributed by atoms with Crippen molar-refractivity contribution in [1.82, 2.24) is 20.7 Å². The highest BCUT2D eigenvalue weighted by Gasteiger charge is 2.26. The Labute approximate surface area is 204 Å². The van der Waals surface area contributed by atoms with Gasteiger partial charge in [-0.1, -0.05) is 54.6 Å². The lowest BCUT2D eigenvalue weighted by Gasteiger charge is -2.24. The van der Waals surface area contributed by atoms with Crippen LogP contribution in [0.5, 0.6) is 0 Å². The second-order valence-corrected chi connectivity index (χ2v) is 8.61. The average Bonchev–Trinajstić information content (AvgIpc) is 3.20. The third-order valence-corrected chi connectivity index (χ3v) is 6.22. The van der Waals surface area contributed by atoms with E-state index in [0.717, 1.165) is 35.1 Å². The lowest BCUT2D eigenvalue weighted by atomic mass is 10.1. The number of nitrogens with one attached hydrogen (secondary N) is 2. The molecule has 8 nitrogen and oxygen atoms in total. The van der Waals surface area contributed by atoms with Gasteiger partial charge in [-0.2, -0.15) is 0 Å². The van der Waals surface area contributed by atoms with Crippen LogP contribution in [-0.2, 0) is 22.6 Å². The largest absolute Gasteiger partial charge is 0.380 e. The summed E-state index contributed by atoms with van der Waals surface area (Å²) in [5.41, 5.74) is 10.8. The molecule has 0 spiro atoms. The smallest absolute Gasteiger partial charge is 0.274 e. The number of fused-ring (bicyclic) bond motifs is 1. The number of nitrogen functional groups attached to an aromatic ring is 1. The lowest BCUT2D eigenvalue weighted by Crippen LogP contribution is -2.42. The minimum absolute atomic E-state index is 0.0560. The number of anilines is 1. The van der Waals surface area contributed by atoms with Gasteiger partial charge in [-0.15, -0.1) is 0 Å². The summed E-state index contributed by atoms with van der Waals surface area (Å²) in [6.07, 6.45) is 4.26. The number of hydrogen-bond donors (Lipinski definition) is 3. The number of nitrogens with zero attached hydrogens (tertiary/aromatic N) is 2. The van der Waals surface area contributed by atoms with Crippen LogP contribution in [0.25, 0.3) is 11.0 Å². The lowest BCUT2D eigenvalue weighted by molar-refractivity contribution is -0.131. The molecule has 4 rings (SSSR count). The third-order valence-electron chi connectivity index (χ3n) is 6.22. The predicted molar refractivity (Wildman–Crippen MR) is 136 cm³/mol. The van der Waals surface area contributed by atoms with Gasteiger partial charge in [-0.05, 0) is 55.0 Å². The summed E-state index contributed by atoms with van der Waals surface area (Å²) in [6.45, 7) is 4.81. The van der Waals surface area contributed by atoms with E-state index in [1.54, 1.807) is 11.0 Å². The summed E-state index contributed by atoms with van der Waals surface area (Å²) in [4.78, 5) is 27.8. The fourth-order valence-electron chi connectivity index (χ4n) is 4.14. The number of allylic oxidation sites excluding steroid dienone is 3. The number of benzene rings is 2. The van der Waals surface area contributed by atoms with E-state index in [1.807, 2.05) is 50.3 Å². The molecule has 8 heteroatoms. The van der Waals surface area contributed by atoms with Crippen LogP contribution < -0.4 is 16.4 Å². The van der Waals surface area contributed by atoms with E-state index in [9.17, 15) is 9.59 Å². The number of nitrogens with two attached hydrogens (primary N) is 1. The summed E-state index contributed by atoms with van der Waals surface area (Å²) in [5, 5.41) is 10.7. The quantitative estimate of drug-likeness (QED) is 0.437. The van der Waals surface area contributed by atoms with E-state index >= 15 is 0 Å². The van der Waals surface area contributed by atoms with E-state index in [0.29, 0.717) is 36.6 Å². The maximum Gasteiger partial charge on any atom is 0.274 e.